The summed E-state index contributed by atoms with van der Waals surface area (Å²) in [6.07, 6.45) is 0. The smallest absolute Gasteiger partial charge is 0.123 e. The lowest BCUT2D eigenvalue weighted by Gasteiger charge is -2.31. The molecule has 0 aliphatic carbocycles. The first-order chi connectivity index (χ1) is 8.79. The van der Waals surface area contributed by atoms with Gasteiger partial charge in [-0.25, -0.2) is 0 Å². The Hall–Kier alpha value is -1.22. The normalized spacial score (nSPS) is 14.9. The van der Waals surface area contributed by atoms with E-state index in [-0.39, 0.29) is 11.5 Å². The minimum Gasteiger partial charge on any atom is -0.497 e. The van der Waals surface area contributed by atoms with Crippen molar-refractivity contribution in [1.29, 1.82) is 0 Å². The average molecular weight is 265 g/mol. The van der Waals surface area contributed by atoms with Gasteiger partial charge in [0.05, 0.1) is 14.2 Å². The van der Waals surface area contributed by atoms with Crippen LogP contribution < -0.4 is 14.8 Å². The van der Waals surface area contributed by atoms with E-state index >= 15 is 0 Å². The Bertz CT molecular complexity index is 410. The quantitative estimate of drug-likeness (QED) is 0.878. The van der Waals surface area contributed by atoms with E-state index in [1.165, 1.54) is 0 Å². The maximum Gasteiger partial charge on any atom is 0.123 e. The molecule has 1 aromatic rings. The predicted molar refractivity (Wildman–Crippen MR) is 80.0 cm³/mol. The number of hydrogen-bond acceptors (Lipinski definition) is 3. The van der Waals surface area contributed by atoms with Crippen LogP contribution in [0, 0.1) is 5.41 Å². The fraction of sp³-hybridized carbons (Fsp3) is 0.625. The van der Waals surface area contributed by atoms with E-state index in [1.807, 2.05) is 18.2 Å². The molecule has 0 heterocycles. The van der Waals surface area contributed by atoms with Crippen LogP contribution >= 0.6 is 0 Å². The minimum atomic E-state index is 0.208. The highest BCUT2D eigenvalue weighted by molar-refractivity contribution is 5.42. The number of benzene rings is 1. The molecule has 0 spiro atoms. The highest BCUT2D eigenvalue weighted by Gasteiger charge is 2.23. The van der Waals surface area contributed by atoms with Crippen molar-refractivity contribution in [1.82, 2.24) is 5.32 Å². The molecule has 1 N–H and O–H groups in total. The molecule has 1 rings (SSSR count). The van der Waals surface area contributed by atoms with Gasteiger partial charge in [-0.1, -0.05) is 20.8 Å². The molecular formula is C16H27NO2. The monoisotopic (exact) mass is 265 g/mol. The van der Waals surface area contributed by atoms with Crippen molar-refractivity contribution < 1.29 is 9.47 Å². The molecule has 3 heteroatoms. The van der Waals surface area contributed by atoms with E-state index in [9.17, 15) is 0 Å². The lowest BCUT2D eigenvalue weighted by Crippen LogP contribution is -2.39. The van der Waals surface area contributed by atoms with Gasteiger partial charge in [0, 0.05) is 17.6 Å². The Labute approximate surface area is 117 Å². The topological polar surface area (TPSA) is 30.5 Å². The Morgan fingerprint density at radius 1 is 1.05 bits per heavy atom. The zero-order valence-electron chi connectivity index (χ0n) is 13.2. The van der Waals surface area contributed by atoms with E-state index in [0.29, 0.717) is 6.04 Å². The van der Waals surface area contributed by atoms with Gasteiger partial charge in [0.1, 0.15) is 11.5 Å². The second kappa shape index (κ2) is 6.29. The molecule has 1 aromatic carbocycles. The summed E-state index contributed by atoms with van der Waals surface area (Å²) < 4.78 is 10.7. The van der Waals surface area contributed by atoms with Crippen molar-refractivity contribution in [3.05, 3.63) is 23.8 Å². The third-order valence-corrected chi connectivity index (χ3v) is 3.70. The van der Waals surface area contributed by atoms with Crippen molar-refractivity contribution in [3.63, 3.8) is 0 Å². The molecule has 2 atom stereocenters. The molecule has 0 fully saturated rings. The molecule has 0 amide bonds. The number of hydrogen-bond donors (Lipinski definition) is 1. The maximum absolute atomic E-state index is 5.44. The van der Waals surface area contributed by atoms with Crippen LogP contribution in [0.15, 0.2) is 18.2 Å². The average Bonchev–Trinajstić information content (AvgIpc) is 2.36. The van der Waals surface area contributed by atoms with Crippen molar-refractivity contribution in [2.24, 2.45) is 5.41 Å². The van der Waals surface area contributed by atoms with Crippen LogP contribution in [0.25, 0.3) is 0 Å². The van der Waals surface area contributed by atoms with Gasteiger partial charge in [0.15, 0.2) is 0 Å². The van der Waals surface area contributed by atoms with Gasteiger partial charge in [0.2, 0.25) is 0 Å². The Kier molecular flexibility index (Phi) is 5.24. The molecule has 0 bridgehead atoms. The van der Waals surface area contributed by atoms with Crippen LogP contribution in [-0.4, -0.2) is 20.3 Å². The summed E-state index contributed by atoms with van der Waals surface area (Å²) in [7, 11) is 3.38. The van der Waals surface area contributed by atoms with E-state index < -0.39 is 0 Å². The first-order valence-corrected chi connectivity index (χ1v) is 6.77. The van der Waals surface area contributed by atoms with E-state index in [0.717, 1.165) is 17.1 Å². The summed E-state index contributed by atoms with van der Waals surface area (Å²) >= 11 is 0. The largest absolute Gasteiger partial charge is 0.497 e. The molecular weight excluding hydrogens is 238 g/mol. The van der Waals surface area contributed by atoms with Crippen molar-refractivity contribution in [2.75, 3.05) is 14.2 Å². The fourth-order valence-electron chi connectivity index (χ4n) is 1.89. The van der Waals surface area contributed by atoms with Gasteiger partial charge in [-0.2, -0.15) is 0 Å². The van der Waals surface area contributed by atoms with Crippen molar-refractivity contribution >= 4 is 0 Å². The Morgan fingerprint density at radius 2 is 1.68 bits per heavy atom. The van der Waals surface area contributed by atoms with E-state index in [2.05, 4.69) is 39.9 Å². The number of nitrogens with one attached hydrogen (secondary N) is 1. The van der Waals surface area contributed by atoms with Gasteiger partial charge < -0.3 is 14.8 Å². The summed E-state index contributed by atoms with van der Waals surface area (Å²) in [6.45, 7) is 11.1. The zero-order valence-corrected chi connectivity index (χ0v) is 13.2. The molecule has 0 aliphatic rings. The summed E-state index contributed by atoms with van der Waals surface area (Å²) in [6, 6.07) is 6.51. The van der Waals surface area contributed by atoms with Crippen LogP contribution in [0.2, 0.25) is 0 Å². The van der Waals surface area contributed by atoms with Gasteiger partial charge in [-0.05, 0) is 37.5 Å². The highest BCUT2D eigenvalue weighted by atomic mass is 16.5. The maximum atomic E-state index is 5.44. The summed E-state index contributed by atoms with van der Waals surface area (Å²) in [5.41, 5.74) is 1.35. The van der Waals surface area contributed by atoms with E-state index in [1.54, 1.807) is 14.2 Å². The molecule has 19 heavy (non-hydrogen) atoms. The SMILES string of the molecule is COc1ccc(OC)c(C(C)NC(C)C(C)(C)C)c1. The number of ether oxygens (including phenoxy) is 2. The molecule has 0 radical (unpaired) electrons. The van der Waals surface area contributed by atoms with Crippen LogP contribution in [-0.2, 0) is 0 Å². The van der Waals surface area contributed by atoms with Crippen LogP contribution in [0.3, 0.4) is 0 Å². The lowest BCUT2D eigenvalue weighted by molar-refractivity contribution is 0.265. The van der Waals surface area contributed by atoms with Gasteiger partial charge in [0.25, 0.3) is 0 Å². The standard InChI is InChI=1S/C16H27NO2/c1-11(17-12(2)16(3,4)5)14-10-13(18-6)8-9-15(14)19-7/h8-12,17H,1-7H3. The second-order valence-corrected chi connectivity index (χ2v) is 6.08. The van der Waals surface area contributed by atoms with Gasteiger partial charge in [-0.15, -0.1) is 0 Å². The van der Waals surface area contributed by atoms with Crippen molar-refractivity contribution in [3.8, 4) is 11.5 Å². The molecule has 3 nitrogen and oxygen atoms in total. The van der Waals surface area contributed by atoms with Crippen LogP contribution in [0.1, 0.15) is 46.2 Å². The van der Waals surface area contributed by atoms with Crippen LogP contribution in [0.5, 0.6) is 11.5 Å². The van der Waals surface area contributed by atoms with Gasteiger partial charge >= 0.3 is 0 Å². The fourth-order valence-corrected chi connectivity index (χ4v) is 1.89. The third kappa shape index (κ3) is 4.13. The van der Waals surface area contributed by atoms with Crippen LogP contribution in [0.4, 0.5) is 0 Å². The van der Waals surface area contributed by atoms with Gasteiger partial charge in [-0.3, -0.25) is 0 Å². The number of rotatable bonds is 5. The zero-order chi connectivity index (χ0) is 14.6. The molecule has 0 saturated carbocycles. The minimum absolute atomic E-state index is 0.208. The highest BCUT2D eigenvalue weighted by Crippen LogP contribution is 2.30. The molecule has 0 aromatic heterocycles. The Balaban J connectivity index is 2.94. The predicted octanol–water partition coefficient (Wildman–Crippen LogP) is 3.79. The number of methoxy groups -OCH3 is 2. The summed E-state index contributed by atoms with van der Waals surface area (Å²) in [5, 5.41) is 3.63. The lowest BCUT2D eigenvalue weighted by atomic mass is 9.87. The molecule has 0 saturated heterocycles. The third-order valence-electron chi connectivity index (χ3n) is 3.70. The molecule has 0 aliphatic heterocycles. The molecule has 108 valence electrons. The first kappa shape index (κ1) is 15.8. The van der Waals surface area contributed by atoms with Crippen molar-refractivity contribution in [2.45, 2.75) is 46.7 Å². The first-order valence-electron chi connectivity index (χ1n) is 6.77. The summed E-state index contributed by atoms with van der Waals surface area (Å²) in [5.74, 6) is 1.75. The molecule has 2 unspecified atom stereocenters. The second-order valence-electron chi connectivity index (χ2n) is 6.08. The summed E-state index contributed by atoms with van der Waals surface area (Å²) in [4.78, 5) is 0. The van der Waals surface area contributed by atoms with E-state index in [4.69, 9.17) is 9.47 Å². The Morgan fingerprint density at radius 3 is 2.16 bits per heavy atom.